The van der Waals surface area contributed by atoms with Gasteiger partial charge in [0.25, 0.3) is 5.91 Å². The monoisotopic (exact) mass is 457 g/mol. The molecule has 0 fully saturated rings. The number of halogens is 3. The van der Waals surface area contributed by atoms with E-state index in [1.807, 2.05) is 6.92 Å². The Morgan fingerprint density at radius 1 is 1.09 bits per heavy atom. The van der Waals surface area contributed by atoms with Crippen LogP contribution in [0, 0.1) is 13.8 Å². The number of aromatic hydroxyl groups is 2. The van der Waals surface area contributed by atoms with Crippen LogP contribution in [-0.2, 0) is 12.6 Å². The van der Waals surface area contributed by atoms with Gasteiger partial charge in [0, 0.05) is 29.1 Å². The topological polar surface area (TPSA) is 86.6 Å². The van der Waals surface area contributed by atoms with Crippen molar-refractivity contribution in [2.24, 2.45) is 0 Å². The molecule has 1 aliphatic heterocycles. The molecule has 0 saturated carbocycles. The van der Waals surface area contributed by atoms with Crippen LogP contribution in [0.1, 0.15) is 46.3 Å². The average Bonchev–Trinajstić information content (AvgIpc) is 2.74. The van der Waals surface area contributed by atoms with Crippen LogP contribution in [0.2, 0.25) is 0 Å². The zero-order valence-electron chi connectivity index (χ0n) is 18.2. The van der Waals surface area contributed by atoms with E-state index in [2.05, 4.69) is 9.97 Å². The number of carbonyl (C=O) groups is 1. The second-order valence-corrected chi connectivity index (χ2v) is 8.21. The summed E-state index contributed by atoms with van der Waals surface area (Å²) >= 11 is 0. The molecule has 1 amide bonds. The fourth-order valence-corrected chi connectivity index (χ4v) is 4.08. The highest BCUT2D eigenvalue weighted by molar-refractivity contribution is 6.09. The molecule has 9 heteroatoms. The second kappa shape index (κ2) is 8.06. The number of amides is 1. The number of aryl methyl sites for hydroxylation is 2. The van der Waals surface area contributed by atoms with Crippen LogP contribution in [-0.4, -0.2) is 32.1 Å². The minimum absolute atomic E-state index is 0.0497. The summed E-state index contributed by atoms with van der Waals surface area (Å²) in [5, 5.41) is 19.7. The number of phenolic OH excluding ortho intramolecular Hbond substituents is 2. The molecule has 0 spiro atoms. The highest BCUT2D eigenvalue weighted by atomic mass is 19.4. The van der Waals surface area contributed by atoms with Gasteiger partial charge in [0.05, 0.1) is 11.3 Å². The fraction of sp³-hybridized carbons (Fsp3) is 0.292. The highest BCUT2D eigenvalue weighted by Gasteiger charge is 2.36. The average molecular weight is 457 g/mol. The summed E-state index contributed by atoms with van der Waals surface area (Å²) in [5.74, 6) is -2.11. The van der Waals surface area contributed by atoms with Gasteiger partial charge in [-0.2, -0.15) is 13.2 Å². The molecule has 1 atom stereocenters. The standard InChI is InChI=1S/C24H22F3N3O3/c1-12-4-5-15-10-16(21-13(2)14(3)28-23(29-21)24(25,26)27)6-9-19(15)30(12)22(33)18-8-7-17(31)11-20(18)32/h6-12,31-32H,4-5H2,1-3H3/t12-/m0/s1. The minimum atomic E-state index is -4.66. The zero-order valence-corrected chi connectivity index (χ0v) is 18.2. The lowest BCUT2D eigenvalue weighted by molar-refractivity contribution is -0.145. The van der Waals surface area contributed by atoms with E-state index in [1.54, 1.807) is 30.0 Å². The third-order valence-electron chi connectivity index (χ3n) is 5.96. The second-order valence-electron chi connectivity index (χ2n) is 8.21. The van der Waals surface area contributed by atoms with Crippen molar-refractivity contribution in [2.45, 2.75) is 45.8 Å². The molecule has 3 aromatic rings. The maximum absolute atomic E-state index is 13.3. The largest absolute Gasteiger partial charge is 0.508 e. The fourth-order valence-electron chi connectivity index (χ4n) is 4.08. The van der Waals surface area contributed by atoms with E-state index in [0.29, 0.717) is 29.7 Å². The Balaban J connectivity index is 1.78. The van der Waals surface area contributed by atoms with Gasteiger partial charge < -0.3 is 15.1 Å². The van der Waals surface area contributed by atoms with Crippen LogP contribution in [0.25, 0.3) is 11.3 Å². The number of fused-ring (bicyclic) bond motifs is 1. The molecule has 0 unspecified atom stereocenters. The number of aromatic nitrogens is 2. The molecule has 2 heterocycles. The first-order chi connectivity index (χ1) is 15.5. The Labute approximate surface area is 188 Å². The van der Waals surface area contributed by atoms with E-state index in [4.69, 9.17) is 0 Å². The van der Waals surface area contributed by atoms with E-state index >= 15 is 0 Å². The molecule has 2 aromatic carbocycles. The van der Waals surface area contributed by atoms with E-state index in [9.17, 15) is 28.2 Å². The summed E-state index contributed by atoms with van der Waals surface area (Å²) in [5.41, 5.74) is 2.97. The minimum Gasteiger partial charge on any atom is -0.508 e. The Bertz CT molecular complexity index is 1260. The molecule has 0 aliphatic carbocycles. The molecule has 1 aliphatic rings. The molecular formula is C24H22F3N3O3. The lowest BCUT2D eigenvalue weighted by Crippen LogP contribution is -2.42. The van der Waals surface area contributed by atoms with Crippen molar-refractivity contribution in [3.63, 3.8) is 0 Å². The molecule has 2 N–H and O–H groups in total. The van der Waals surface area contributed by atoms with Crippen molar-refractivity contribution >= 4 is 11.6 Å². The smallest absolute Gasteiger partial charge is 0.451 e. The number of carbonyl (C=O) groups excluding carboxylic acids is 1. The first kappa shape index (κ1) is 22.6. The van der Waals surface area contributed by atoms with Gasteiger partial charge in [0.1, 0.15) is 11.5 Å². The van der Waals surface area contributed by atoms with Crippen molar-refractivity contribution in [2.75, 3.05) is 4.90 Å². The summed E-state index contributed by atoms with van der Waals surface area (Å²) in [6.45, 7) is 5.08. The van der Waals surface area contributed by atoms with Gasteiger partial charge in [-0.25, -0.2) is 9.97 Å². The lowest BCUT2D eigenvalue weighted by Gasteiger charge is -2.35. The molecule has 0 saturated heterocycles. The summed E-state index contributed by atoms with van der Waals surface area (Å²) < 4.78 is 39.8. The third-order valence-corrected chi connectivity index (χ3v) is 5.96. The van der Waals surface area contributed by atoms with Crippen molar-refractivity contribution in [3.05, 3.63) is 64.6 Å². The molecule has 4 rings (SSSR count). The van der Waals surface area contributed by atoms with Crippen LogP contribution in [0.3, 0.4) is 0 Å². The van der Waals surface area contributed by atoms with Crippen molar-refractivity contribution in [1.29, 1.82) is 0 Å². The van der Waals surface area contributed by atoms with Crippen LogP contribution >= 0.6 is 0 Å². The Hall–Kier alpha value is -3.62. The normalized spacial score (nSPS) is 15.9. The zero-order chi connectivity index (χ0) is 24.1. The van der Waals surface area contributed by atoms with Crippen LogP contribution in [0.15, 0.2) is 36.4 Å². The van der Waals surface area contributed by atoms with E-state index < -0.39 is 17.9 Å². The van der Waals surface area contributed by atoms with Gasteiger partial charge in [-0.05, 0) is 69.0 Å². The number of rotatable bonds is 2. The van der Waals surface area contributed by atoms with Gasteiger partial charge in [0.15, 0.2) is 0 Å². The lowest BCUT2D eigenvalue weighted by atomic mass is 9.92. The first-order valence-corrected chi connectivity index (χ1v) is 10.4. The number of hydrogen-bond acceptors (Lipinski definition) is 5. The van der Waals surface area contributed by atoms with Crippen LogP contribution < -0.4 is 4.90 Å². The number of benzene rings is 2. The number of anilines is 1. The van der Waals surface area contributed by atoms with Crippen LogP contribution in [0.4, 0.5) is 18.9 Å². The Kier molecular flexibility index (Phi) is 5.51. The third kappa shape index (κ3) is 4.10. The van der Waals surface area contributed by atoms with Crippen LogP contribution in [0.5, 0.6) is 11.5 Å². The van der Waals surface area contributed by atoms with Gasteiger partial charge in [0.2, 0.25) is 5.82 Å². The summed E-state index contributed by atoms with van der Waals surface area (Å²) in [4.78, 5) is 22.2. The number of hydrogen-bond donors (Lipinski definition) is 2. The predicted molar refractivity (Wildman–Crippen MR) is 116 cm³/mol. The Morgan fingerprint density at radius 3 is 2.48 bits per heavy atom. The van der Waals surface area contributed by atoms with Crippen molar-refractivity contribution in [1.82, 2.24) is 9.97 Å². The van der Waals surface area contributed by atoms with Gasteiger partial charge in [-0.1, -0.05) is 6.07 Å². The van der Waals surface area contributed by atoms with Crippen molar-refractivity contribution < 1.29 is 28.2 Å². The number of phenols is 2. The molecule has 172 valence electrons. The summed E-state index contributed by atoms with van der Waals surface area (Å²) in [6, 6.07) is 8.71. The maximum Gasteiger partial charge on any atom is 0.451 e. The number of nitrogens with zero attached hydrogens (tertiary/aromatic N) is 3. The van der Waals surface area contributed by atoms with E-state index in [0.717, 1.165) is 11.6 Å². The predicted octanol–water partition coefficient (Wildman–Crippen LogP) is 5.17. The molecular weight excluding hydrogens is 435 g/mol. The molecule has 0 radical (unpaired) electrons. The van der Waals surface area contributed by atoms with Gasteiger partial charge in [-0.3, -0.25) is 4.79 Å². The quantitative estimate of drug-likeness (QED) is 0.554. The SMILES string of the molecule is Cc1nc(C(F)(F)F)nc(-c2ccc3c(c2)CC[C@H](C)N3C(=O)c2ccc(O)cc2O)c1C. The molecule has 6 nitrogen and oxygen atoms in total. The summed E-state index contributed by atoms with van der Waals surface area (Å²) in [7, 11) is 0. The van der Waals surface area contributed by atoms with E-state index in [1.165, 1.54) is 19.1 Å². The van der Waals surface area contributed by atoms with Crippen molar-refractivity contribution in [3.8, 4) is 22.8 Å². The van der Waals surface area contributed by atoms with Gasteiger partial charge in [-0.15, -0.1) is 0 Å². The summed E-state index contributed by atoms with van der Waals surface area (Å²) in [6.07, 6.45) is -3.40. The molecule has 0 bridgehead atoms. The molecule has 33 heavy (non-hydrogen) atoms. The highest BCUT2D eigenvalue weighted by Crippen LogP contribution is 2.37. The van der Waals surface area contributed by atoms with Gasteiger partial charge >= 0.3 is 6.18 Å². The molecule has 1 aromatic heterocycles. The first-order valence-electron chi connectivity index (χ1n) is 10.4. The maximum atomic E-state index is 13.3. The number of alkyl halides is 3. The Morgan fingerprint density at radius 2 is 1.82 bits per heavy atom. The van der Waals surface area contributed by atoms with E-state index in [-0.39, 0.29) is 34.5 Å².